The second kappa shape index (κ2) is 3.02. The van der Waals surface area contributed by atoms with Gasteiger partial charge in [0.2, 0.25) is 0 Å². The lowest BCUT2D eigenvalue weighted by Crippen LogP contribution is -1.97. The van der Waals surface area contributed by atoms with Crippen molar-refractivity contribution in [3.8, 4) is 0 Å². The Kier molecular flexibility index (Phi) is 1.78. The second-order valence-electron chi connectivity index (χ2n) is 4.52. The van der Waals surface area contributed by atoms with Crippen LogP contribution in [0.3, 0.4) is 0 Å². The zero-order valence-electron chi connectivity index (χ0n) is 9.07. The predicted octanol–water partition coefficient (Wildman–Crippen LogP) is 3.24. The Balaban J connectivity index is 2.32. The van der Waals surface area contributed by atoms with Gasteiger partial charge in [-0.3, -0.25) is 0 Å². The lowest BCUT2D eigenvalue weighted by molar-refractivity contribution is 0.651. The number of nitrogens with zero attached hydrogens (tertiary/aromatic N) is 2. The van der Waals surface area contributed by atoms with Crippen LogP contribution in [0.2, 0.25) is 0 Å². The monoisotopic (exact) mass is 198 g/mol. The van der Waals surface area contributed by atoms with Crippen LogP contribution in [-0.2, 0) is 0 Å². The summed E-state index contributed by atoms with van der Waals surface area (Å²) < 4.78 is 0. The van der Waals surface area contributed by atoms with Gasteiger partial charge in [-0.15, -0.1) is 0 Å². The molecule has 0 spiro atoms. The number of aromatic nitrogens is 2. The minimum absolute atomic E-state index is 0.562. The van der Waals surface area contributed by atoms with Crippen LogP contribution in [0.5, 0.6) is 0 Å². The van der Waals surface area contributed by atoms with Crippen molar-refractivity contribution in [1.82, 2.24) is 9.97 Å². The van der Waals surface area contributed by atoms with E-state index in [9.17, 15) is 0 Å². The third-order valence-electron chi connectivity index (χ3n) is 3.27. The molecule has 0 saturated heterocycles. The summed E-state index contributed by atoms with van der Waals surface area (Å²) in [5.41, 5.74) is 4.47. The molecule has 15 heavy (non-hydrogen) atoms. The minimum Gasteiger partial charge on any atom is -0.249 e. The molecule has 0 N–H and O–H groups in total. The maximum Gasteiger partial charge on any atom is 0.0890 e. The van der Waals surface area contributed by atoms with Crippen LogP contribution in [0, 0.1) is 0 Å². The van der Waals surface area contributed by atoms with Crippen LogP contribution >= 0.6 is 0 Å². The van der Waals surface area contributed by atoms with Crippen molar-refractivity contribution < 1.29 is 0 Å². The van der Waals surface area contributed by atoms with Crippen LogP contribution < -0.4 is 0 Å². The number of benzene rings is 1. The average molecular weight is 198 g/mol. The SMILES string of the molecule is CC1CC(C)c2nc3ccccc3nc21. The molecular weight excluding hydrogens is 184 g/mol. The van der Waals surface area contributed by atoms with Crippen molar-refractivity contribution in [2.45, 2.75) is 32.1 Å². The number of hydrogen-bond acceptors (Lipinski definition) is 2. The van der Waals surface area contributed by atoms with E-state index in [-0.39, 0.29) is 0 Å². The third-order valence-corrected chi connectivity index (χ3v) is 3.27. The zero-order valence-corrected chi connectivity index (χ0v) is 9.07. The quantitative estimate of drug-likeness (QED) is 0.649. The van der Waals surface area contributed by atoms with E-state index >= 15 is 0 Å². The Labute approximate surface area is 89.4 Å². The van der Waals surface area contributed by atoms with E-state index < -0.39 is 0 Å². The van der Waals surface area contributed by atoms with Crippen LogP contribution in [0.15, 0.2) is 24.3 Å². The number of hydrogen-bond donors (Lipinski definition) is 0. The maximum absolute atomic E-state index is 4.72. The standard InChI is InChI=1S/C13H14N2/c1-8-7-9(2)13-12(8)14-10-5-3-4-6-11(10)15-13/h3-6,8-9H,7H2,1-2H3. The summed E-state index contributed by atoms with van der Waals surface area (Å²) in [4.78, 5) is 9.45. The van der Waals surface area contributed by atoms with Gasteiger partial charge in [-0.2, -0.15) is 0 Å². The molecule has 0 radical (unpaired) electrons. The molecule has 1 aliphatic carbocycles. The molecule has 76 valence electrons. The number of para-hydroxylation sites is 2. The highest BCUT2D eigenvalue weighted by atomic mass is 14.9. The fourth-order valence-corrected chi connectivity index (χ4v) is 2.51. The molecule has 0 saturated carbocycles. The third kappa shape index (κ3) is 1.24. The highest BCUT2D eigenvalue weighted by molar-refractivity contribution is 5.74. The Morgan fingerprint density at radius 3 is 1.87 bits per heavy atom. The van der Waals surface area contributed by atoms with Gasteiger partial charge in [-0.05, 0) is 18.6 Å². The lowest BCUT2D eigenvalue weighted by atomic mass is 10.1. The highest BCUT2D eigenvalue weighted by Crippen LogP contribution is 2.39. The van der Waals surface area contributed by atoms with Gasteiger partial charge in [-0.1, -0.05) is 26.0 Å². The Morgan fingerprint density at radius 1 is 0.933 bits per heavy atom. The van der Waals surface area contributed by atoms with Gasteiger partial charge in [0.05, 0.1) is 22.4 Å². The zero-order chi connectivity index (χ0) is 10.4. The highest BCUT2D eigenvalue weighted by Gasteiger charge is 2.28. The van der Waals surface area contributed by atoms with E-state index in [4.69, 9.17) is 9.97 Å². The van der Waals surface area contributed by atoms with E-state index in [1.165, 1.54) is 17.8 Å². The summed E-state index contributed by atoms with van der Waals surface area (Å²) in [5.74, 6) is 1.12. The molecule has 1 aliphatic rings. The number of fused-ring (bicyclic) bond motifs is 2. The smallest absolute Gasteiger partial charge is 0.0890 e. The van der Waals surface area contributed by atoms with Crippen molar-refractivity contribution in [1.29, 1.82) is 0 Å². The molecule has 0 fully saturated rings. The lowest BCUT2D eigenvalue weighted by Gasteiger charge is -2.05. The Bertz CT molecular complexity index is 472. The topological polar surface area (TPSA) is 25.8 Å². The average Bonchev–Trinajstić information content (AvgIpc) is 2.52. The summed E-state index contributed by atoms with van der Waals surface area (Å²) in [6, 6.07) is 8.12. The minimum atomic E-state index is 0.562. The van der Waals surface area contributed by atoms with Gasteiger partial charge >= 0.3 is 0 Å². The molecule has 2 heteroatoms. The first-order valence-corrected chi connectivity index (χ1v) is 5.52. The summed E-state index contributed by atoms with van der Waals surface area (Å²) >= 11 is 0. The fourth-order valence-electron chi connectivity index (χ4n) is 2.51. The molecule has 0 amide bonds. The van der Waals surface area contributed by atoms with Crippen molar-refractivity contribution >= 4 is 11.0 Å². The Hall–Kier alpha value is -1.44. The molecule has 0 bridgehead atoms. The first-order chi connectivity index (χ1) is 7.25. The van der Waals surface area contributed by atoms with Gasteiger partial charge in [0, 0.05) is 11.8 Å². The molecule has 1 aromatic carbocycles. The normalized spacial score (nSPS) is 24.4. The molecular formula is C13H14N2. The maximum atomic E-state index is 4.72. The van der Waals surface area contributed by atoms with Crippen molar-refractivity contribution in [2.24, 2.45) is 0 Å². The van der Waals surface area contributed by atoms with Crippen molar-refractivity contribution in [2.75, 3.05) is 0 Å². The molecule has 0 aliphatic heterocycles. The van der Waals surface area contributed by atoms with Crippen molar-refractivity contribution in [3.63, 3.8) is 0 Å². The molecule has 1 aromatic heterocycles. The van der Waals surface area contributed by atoms with Crippen LogP contribution in [0.4, 0.5) is 0 Å². The van der Waals surface area contributed by atoms with Gasteiger partial charge in [-0.25, -0.2) is 9.97 Å². The summed E-state index contributed by atoms with van der Waals surface area (Å²) in [6.45, 7) is 4.48. The van der Waals surface area contributed by atoms with E-state index in [1.54, 1.807) is 0 Å². The fraction of sp³-hybridized carbons (Fsp3) is 0.385. The van der Waals surface area contributed by atoms with Gasteiger partial charge in [0.25, 0.3) is 0 Å². The summed E-state index contributed by atoms with van der Waals surface area (Å²) in [7, 11) is 0. The predicted molar refractivity (Wildman–Crippen MR) is 61.0 cm³/mol. The van der Waals surface area contributed by atoms with Crippen molar-refractivity contribution in [3.05, 3.63) is 35.7 Å². The van der Waals surface area contributed by atoms with E-state index in [0.717, 1.165) is 11.0 Å². The van der Waals surface area contributed by atoms with Crippen LogP contribution in [0.25, 0.3) is 11.0 Å². The Morgan fingerprint density at radius 2 is 1.40 bits per heavy atom. The first kappa shape index (κ1) is 8.84. The molecule has 3 rings (SSSR count). The first-order valence-electron chi connectivity index (χ1n) is 5.52. The summed E-state index contributed by atoms with van der Waals surface area (Å²) in [6.07, 6.45) is 1.19. The van der Waals surface area contributed by atoms with E-state index in [2.05, 4.69) is 13.8 Å². The molecule has 2 atom stereocenters. The molecule has 1 heterocycles. The van der Waals surface area contributed by atoms with Gasteiger partial charge < -0.3 is 0 Å². The largest absolute Gasteiger partial charge is 0.249 e. The summed E-state index contributed by atoms with van der Waals surface area (Å²) in [5, 5.41) is 0. The number of rotatable bonds is 0. The molecule has 2 aromatic rings. The molecule has 2 unspecified atom stereocenters. The molecule has 2 nitrogen and oxygen atoms in total. The van der Waals surface area contributed by atoms with Gasteiger partial charge in [0.1, 0.15) is 0 Å². The van der Waals surface area contributed by atoms with Crippen LogP contribution in [0.1, 0.15) is 43.5 Å². The van der Waals surface area contributed by atoms with Gasteiger partial charge in [0.15, 0.2) is 0 Å². The van der Waals surface area contributed by atoms with E-state index in [1.807, 2.05) is 24.3 Å². The van der Waals surface area contributed by atoms with E-state index in [0.29, 0.717) is 11.8 Å². The second-order valence-corrected chi connectivity index (χ2v) is 4.52. The van der Waals surface area contributed by atoms with Crippen LogP contribution in [-0.4, -0.2) is 9.97 Å².